The molecule has 1 amide bonds. The van der Waals surface area contributed by atoms with Crippen LogP contribution in [-0.2, 0) is 4.79 Å². The first-order chi connectivity index (χ1) is 14.7. The van der Waals surface area contributed by atoms with Gasteiger partial charge in [0.2, 0.25) is 5.89 Å². The number of amides is 1. The summed E-state index contributed by atoms with van der Waals surface area (Å²) in [7, 11) is 0. The van der Waals surface area contributed by atoms with Crippen molar-refractivity contribution in [3.8, 4) is 23.1 Å². The van der Waals surface area contributed by atoms with E-state index < -0.39 is 0 Å². The molecule has 1 atom stereocenters. The molecule has 4 rings (SSSR count). The van der Waals surface area contributed by atoms with Gasteiger partial charge in [0.25, 0.3) is 11.8 Å². The van der Waals surface area contributed by atoms with Crippen molar-refractivity contribution >= 4 is 5.91 Å². The zero-order valence-electron chi connectivity index (χ0n) is 17.1. The molecule has 1 fully saturated rings. The Labute approximate surface area is 174 Å². The van der Waals surface area contributed by atoms with Crippen molar-refractivity contribution in [1.82, 2.24) is 20.1 Å². The van der Waals surface area contributed by atoms with E-state index in [1.807, 2.05) is 44.2 Å². The van der Waals surface area contributed by atoms with Gasteiger partial charge in [-0.05, 0) is 56.5 Å². The van der Waals surface area contributed by atoms with E-state index in [4.69, 9.17) is 13.9 Å². The Balaban J connectivity index is 1.44. The number of ether oxygens (including phenoxy) is 2. The third-order valence-electron chi connectivity index (χ3n) is 4.93. The molecular formula is C22H24N4O4. The third kappa shape index (κ3) is 4.27. The summed E-state index contributed by atoms with van der Waals surface area (Å²) in [5, 5.41) is 8.26. The molecule has 30 heavy (non-hydrogen) atoms. The van der Waals surface area contributed by atoms with Crippen LogP contribution in [0.25, 0.3) is 11.6 Å². The number of aryl methyl sites for hydroxylation is 1. The molecule has 8 heteroatoms. The number of carbonyl (C=O) groups excluding carboxylic acids is 1. The number of likely N-dealkylation sites (tertiary alicyclic amines) is 1. The van der Waals surface area contributed by atoms with E-state index >= 15 is 0 Å². The molecule has 0 spiro atoms. The highest BCUT2D eigenvalue weighted by atomic mass is 16.5. The van der Waals surface area contributed by atoms with E-state index in [0.29, 0.717) is 42.1 Å². The Morgan fingerprint density at radius 1 is 1.20 bits per heavy atom. The molecule has 3 aromatic rings. The lowest BCUT2D eigenvalue weighted by atomic mass is 10.2. The number of nitrogens with zero attached hydrogens (tertiary/aromatic N) is 4. The van der Waals surface area contributed by atoms with Gasteiger partial charge in [-0.2, -0.15) is 0 Å². The number of rotatable bonds is 7. The first-order valence-corrected chi connectivity index (χ1v) is 10.1. The Hall–Kier alpha value is -3.42. The second-order valence-electron chi connectivity index (χ2n) is 7.08. The molecule has 0 aliphatic carbocycles. The molecule has 8 nitrogen and oxygen atoms in total. The molecule has 0 radical (unpaired) electrons. The van der Waals surface area contributed by atoms with Crippen molar-refractivity contribution in [3.05, 3.63) is 54.0 Å². The van der Waals surface area contributed by atoms with Gasteiger partial charge in [0, 0.05) is 12.7 Å². The molecule has 3 heterocycles. The molecule has 0 bridgehead atoms. The predicted octanol–water partition coefficient (Wildman–Crippen LogP) is 3.58. The van der Waals surface area contributed by atoms with Crippen molar-refractivity contribution < 1.29 is 18.7 Å². The SMILES string of the molecule is CCOc1cc(C)ccc1OCC(=O)N1CCC[C@@H]1c1nnc(-c2ccccn2)o1. The normalized spacial score (nSPS) is 15.9. The zero-order valence-corrected chi connectivity index (χ0v) is 17.1. The molecule has 0 unspecified atom stereocenters. The second-order valence-corrected chi connectivity index (χ2v) is 7.08. The highest BCUT2D eigenvalue weighted by Gasteiger charge is 2.34. The van der Waals surface area contributed by atoms with Crippen molar-refractivity contribution in [2.24, 2.45) is 0 Å². The first kappa shape index (κ1) is 19.9. The fourth-order valence-corrected chi connectivity index (χ4v) is 3.51. The molecule has 156 valence electrons. The average Bonchev–Trinajstić information content (AvgIpc) is 3.43. The quantitative estimate of drug-likeness (QED) is 0.590. The van der Waals surface area contributed by atoms with Crippen molar-refractivity contribution in [1.29, 1.82) is 0 Å². The van der Waals surface area contributed by atoms with Crippen LogP contribution < -0.4 is 9.47 Å². The summed E-state index contributed by atoms with van der Waals surface area (Å²) in [6.07, 6.45) is 3.31. The number of pyridine rings is 1. The van der Waals surface area contributed by atoms with Crippen LogP contribution >= 0.6 is 0 Å². The minimum Gasteiger partial charge on any atom is -0.490 e. The maximum atomic E-state index is 12.9. The predicted molar refractivity (Wildman–Crippen MR) is 109 cm³/mol. The zero-order chi connectivity index (χ0) is 20.9. The van der Waals surface area contributed by atoms with Crippen LogP contribution in [-0.4, -0.2) is 45.7 Å². The monoisotopic (exact) mass is 408 g/mol. The first-order valence-electron chi connectivity index (χ1n) is 10.1. The maximum Gasteiger partial charge on any atom is 0.266 e. The molecule has 1 saturated heterocycles. The Kier molecular flexibility index (Phi) is 5.92. The number of benzene rings is 1. The van der Waals surface area contributed by atoms with Crippen molar-refractivity contribution in [3.63, 3.8) is 0 Å². The highest BCUT2D eigenvalue weighted by molar-refractivity contribution is 5.78. The molecule has 1 aromatic carbocycles. The smallest absolute Gasteiger partial charge is 0.266 e. The van der Waals surface area contributed by atoms with Gasteiger partial charge in [-0.1, -0.05) is 12.1 Å². The van der Waals surface area contributed by atoms with Crippen LogP contribution in [0.2, 0.25) is 0 Å². The standard InChI is InChI=1S/C22H24N4O4/c1-3-28-19-13-15(2)9-10-18(19)29-14-20(27)26-12-6-8-17(26)22-25-24-21(30-22)16-7-4-5-11-23-16/h4-5,7,9-11,13,17H,3,6,8,12,14H2,1-2H3/t17-/m1/s1. The van der Waals surface area contributed by atoms with E-state index in [1.54, 1.807) is 17.2 Å². The van der Waals surface area contributed by atoms with E-state index in [-0.39, 0.29) is 18.6 Å². The van der Waals surface area contributed by atoms with Crippen molar-refractivity contribution in [2.45, 2.75) is 32.7 Å². The number of hydrogen-bond donors (Lipinski definition) is 0. The van der Waals surface area contributed by atoms with Crippen LogP contribution in [0, 0.1) is 6.92 Å². The number of hydrogen-bond acceptors (Lipinski definition) is 7. The topological polar surface area (TPSA) is 90.6 Å². The van der Waals surface area contributed by atoms with Crippen LogP contribution in [0.5, 0.6) is 11.5 Å². The van der Waals surface area contributed by atoms with E-state index in [1.165, 1.54) is 0 Å². The minimum atomic E-state index is -0.254. The van der Waals surface area contributed by atoms with Crippen LogP contribution in [0.3, 0.4) is 0 Å². The Morgan fingerprint density at radius 2 is 2.10 bits per heavy atom. The Morgan fingerprint density at radius 3 is 2.90 bits per heavy atom. The summed E-state index contributed by atoms with van der Waals surface area (Å²) < 4.78 is 17.2. The summed E-state index contributed by atoms with van der Waals surface area (Å²) in [5.41, 5.74) is 1.68. The summed E-state index contributed by atoms with van der Waals surface area (Å²) in [4.78, 5) is 18.8. The second kappa shape index (κ2) is 8.94. The Bertz CT molecular complexity index is 1010. The van der Waals surface area contributed by atoms with Crippen LogP contribution in [0.4, 0.5) is 0 Å². The summed E-state index contributed by atoms with van der Waals surface area (Å²) >= 11 is 0. The van der Waals surface area contributed by atoms with Gasteiger partial charge in [0.05, 0.1) is 6.61 Å². The molecule has 0 saturated carbocycles. The van der Waals surface area contributed by atoms with Gasteiger partial charge in [0.15, 0.2) is 18.1 Å². The van der Waals surface area contributed by atoms with Crippen LogP contribution in [0.1, 0.15) is 37.3 Å². The van der Waals surface area contributed by atoms with Crippen molar-refractivity contribution in [2.75, 3.05) is 19.8 Å². The summed E-state index contributed by atoms with van der Waals surface area (Å²) in [5.74, 6) is 1.84. The lowest BCUT2D eigenvalue weighted by molar-refractivity contribution is -0.134. The van der Waals surface area contributed by atoms with E-state index in [2.05, 4.69) is 15.2 Å². The lowest BCUT2D eigenvalue weighted by Crippen LogP contribution is -2.34. The average molecular weight is 408 g/mol. The minimum absolute atomic E-state index is 0.0825. The van der Waals surface area contributed by atoms with Gasteiger partial charge in [-0.15, -0.1) is 10.2 Å². The fraction of sp³-hybridized carbons (Fsp3) is 0.364. The molecule has 1 aliphatic heterocycles. The van der Waals surface area contributed by atoms with E-state index in [9.17, 15) is 4.79 Å². The van der Waals surface area contributed by atoms with Gasteiger partial charge < -0.3 is 18.8 Å². The third-order valence-corrected chi connectivity index (χ3v) is 4.93. The number of aromatic nitrogens is 3. The highest BCUT2D eigenvalue weighted by Crippen LogP contribution is 2.33. The van der Waals surface area contributed by atoms with Gasteiger partial charge in [-0.25, -0.2) is 0 Å². The van der Waals surface area contributed by atoms with Gasteiger partial charge in [-0.3, -0.25) is 9.78 Å². The molecule has 2 aromatic heterocycles. The lowest BCUT2D eigenvalue weighted by Gasteiger charge is -2.22. The van der Waals surface area contributed by atoms with Crippen LogP contribution in [0.15, 0.2) is 47.0 Å². The molecular weight excluding hydrogens is 384 g/mol. The summed E-state index contributed by atoms with van der Waals surface area (Å²) in [6.45, 7) is 4.96. The molecule has 0 N–H and O–H groups in total. The molecule has 1 aliphatic rings. The van der Waals surface area contributed by atoms with Gasteiger partial charge >= 0.3 is 0 Å². The van der Waals surface area contributed by atoms with Gasteiger partial charge in [0.1, 0.15) is 11.7 Å². The number of carbonyl (C=O) groups is 1. The largest absolute Gasteiger partial charge is 0.490 e. The van der Waals surface area contributed by atoms with E-state index in [0.717, 1.165) is 18.4 Å². The fourth-order valence-electron chi connectivity index (χ4n) is 3.51. The maximum absolute atomic E-state index is 12.9. The summed E-state index contributed by atoms with van der Waals surface area (Å²) in [6, 6.07) is 10.9.